The van der Waals surface area contributed by atoms with E-state index in [1.165, 1.54) is 0 Å². The van der Waals surface area contributed by atoms with Crippen LogP contribution in [0, 0.1) is 6.92 Å². The summed E-state index contributed by atoms with van der Waals surface area (Å²) in [6.45, 7) is 5.15. The number of nitrogens with one attached hydrogen (secondary N) is 2. The summed E-state index contributed by atoms with van der Waals surface area (Å²) in [5.41, 5.74) is 1.43. The molecule has 2 aromatic heterocycles. The van der Waals surface area contributed by atoms with Gasteiger partial charge in [0.05, 0.1) is 33.9 Å². The lowest BCUT2D eigenvalue weighted by molar-refractivity contribution is -0.137. The predicted molar refractivity (Wildman–Crippen MR) is 145 cm³/mol. The van der Waals surface area contributed by atoms with E-state index in [0.29, 0.717) is 36.0 Å². The van der Waals surface area contributed by atoms with Gasteiger partial charge in [0.1, 0.15) is 11.7 Å². The molecule has 3 aromatic rings. The second-order valence-electron chi connectivity index (χ2n) is 10.3. The Kier molecular flexibility index (Phi) is 7.05. The molecule has 4 atom stereocenters. The van der Waals surface area contributed by atoms with Crippen LogP contribution >= 0.6 is 24.0 Å². The Morgan fingerprint density at radius 1 is 1.26 bits per heavy atom. The average molecular weight is 583 g/mol. The fourth-order valence-corrected chi connectivity index (χ4v) is 6.24. The molecule has 4 heterocycles. The Hall–Kier alpha value is -2.89. The molecule has 0 spiro atoms. The molecule has 208 valence electrons. The highest BCUT2D eigenvalue weighted by molar-refractivity contribution is 6.33. The summed E-state index contributed by atoms with van der Waals surface area (Å²) in [5.74, 6) is -0.588. The average Bonchev–Trinajstić information content (AvgIpc) is 3.18. The van der Waals surface area contributed by atoms with Crippen LogP contribution in [0.4, 0.5) is 24.5 Å². The standard InChI is InChI=1S/C26H26ClF3N6O2.ClH/c1-12-9-19(25(38)34-16-4-3-14(10-15(16)27)26(28,29)30)36-21(12)22(35-8-7-31-17-5-6-18(17)35)23(37)20-24(36)32-11-13(2)33-20;/h3-4,10-12,17-19,31H,5-9H2,1-2H3,(H,34,38);1H/t12?,17-,18-,19?;/m0./s1. The molecule has 8 nitrogen and oxygen atoms in total. The van der Waals surface area contributed by atoms with Crippen molar-refractivity contribution in [2.45, 2.75) is 63.3 Å². The van der Waals surface area contributed by atoms with Gasteiger partial charge in [0.15, 0.2) is 11.2 Å². The molecule has 13 heteroatoms. The quantitative estimate of drug-likeness (QED) is 0.460. The van der Waals surface area contributed by atoms with Crippen LogP contribution in [0.5, 0.6) is 0 Å². The van der Waals surface area contributed by atoms with Crippen LogP contribution in [0.15, 0.2) is 29.2 Å². The Morgan fingerprint density at radius 2 is 2.03 bits per heavy atom. The molecule has 1 saturated carbocycles. The number of anilines is 2. The van der Waals surface area contributed by atoms with Gasteiger partial charge in [-0.1, -0.05) is 18.5 Å². The molecule has 3 aliphatic rings. The summed E-state index contributed by atoms with van der Waals surface area (Å²) in [4.78, 5) is 38.7. The van der Waals surface area contributed by atoms with E-state index < -0.39 is 23.7 Å². The van der Waals surface area contributed by atoms with Crippen molar-refractivity contribution in [1.29, 1.82) is 0 Å². The second kappa shape index (κ2) is 9.94. The van der Waals surface area contributed by atoms with Gasteiger partial charge in [-0.15, -0.1) is 12.4 Å². The minimum Gasteiger partial charge on any atom is -0.361 e. The molecule has 0 bridgehead atoms. The van der Waals surface area contributed by atoms with Crippen molar-refractivity contribution in [2.24, 2.45) is 0 Å². The Morgan fingerprint density at radius 3 is 2.69 bits per heavy atom. The van der Waals surface area contributed by atoms with Gasteiger partial charge in [0.2, 0.25) is 11.3 Å². The smallest absolute Gasteiger partial charge is 0.361 e. The number of benzene rings is 1. The fourth-order valence-electron chi connectivity index (χ4n) is 6.01. The summed E-state index contributed by atoms with van der Waals surface area (Å²) in [5, 5.41) is 6.00. The Bertz CT molecular complexity index is 1530. The maximum Gasteiger partial charge on any atom is 0.416 e. The van der Waals surface area contributed by atoms with Crippen LogP contribution in [0.1, 0.15) is 55.1 Å². The van der Waals surface area contributed by atoms with Gasteiger partial charge >= 0.3 is 6.18 Å². The van der Waals surface area contributed by atoms with E-state index in [2.05, 4.69) is 25.5 Å². The Balaban J connectivity index is 0.00000308. The number of alkyl halides is 3. The number of halogens is 5. The van der Waals surface area contributed by atoms with Gasteiger partial charge in [-0.05, 0) is 44.4 Å². The summed E-state index contributed by atoms with van der Waals surface area (Å²) < 4.78 is 41.0. The lowest BCUT2D eigenvalue weighted by Gasteiger charge is -2.50. The van der Waals surface area contributed by atoms with Gasteiger partial charge in [-0.2, -0.15) is 13.2 Å². The van der Waals surface area contributed by atoms with E-state index in [4.69, 9.17) is 11.6 Å². The third-order valence-corrected chi connectivity index (χ3v) is 8.24. The molecule has 2 aliphatic heterocycles. The summed E-state index contributed by atoms with van der Waals surface area (Å²) in [7, 11) is 0. The number of nitrogens with zero attached hydrogens (tertiary/aromatic N) is 4. The highest BCUT2D eigenvalue weighted by atomic mass is 35.5. The normalized spacial score (nSPS) is 24.0. The number of hydrogen-bond donors (Lipinski definition) is 2. The van der Waals surface area contributed by atoms with Crippen molar-refractivity contribution in [3.05, 3.63) is 56.6 Å². The van der Waals surface area contributed by atoms with E-state index in [9.17, 15) is 22.8 Å². The maximum atomic E-state index is 13.9. The third kappa shape index (κ3) is 4.54. The molecular formula is C26H27Cl2F3N6O2. The van der Waals surface area contributed by atoms with Gasteiger partial charge in [-0.25, -0.2) is 9.97 Å². The number of piperazine rings is 1. The number of rotatable bonds is 3. The van der Waals surface area contributed by atoms with Crippen molar-refractivity contribution in [3.63, 3.8) is 0 Å². The summed E-state index contributed by atoms with van der Waals surface area (Å²) in [6, 6.07) is 2.59. The van der Waals surface area contributed by atoms with Crippen molar-refractivity contribution >= 4 is 52.5 Å². The number of hydrogen-bond acceptors (Lipinski definition) is 6. The zero-order valence-corrected chi connectivity index (χ0v) is 22.8. The van der Waals surface area contributed by atoms with Crippen LogP contribution in [-0.2, 0) is 11.0 Å². The Labute approximate surface area is 233 Å². The number of aryl methyl sites for hydroxylation is 1. The zero-order valence-electron chi connectivity index (χ0n) is 21.2. The fraction of sp³-hybridized carbons (Fsp3) is 0.462. The highest BCUT2D eigenvalue weighted by Gasteiger charge is 2.44. The van der Waals surface area contributed by atoms with E-state index >= 15 is 0 Å². The molecule has 39 heavy (non-hydrogen) atoms. The molecule has 2 N–H and O–H groups in total. The zero-order chi connectivity index (χ0) is 26.9. The maximum absolute atomic E-state index is 13.9. The minimum absolute atomic E-state index is 0. The van der Waals surface area contributed by atoms with Crippen LogP contribution in [0.2, 0.25) is 5.02 Å². The molecule has 2 fully saturated rings. The van der Waals surface area contributed by atoms with E-state index in [-0.39, 0.29) is 46.0 Å². The van der Waals surface area contributed by atoms with Crippen molar-refractivity contribution in [2.75, 3.05) is 23.3 Å². The SMILES string of the molecule is Cc1cnc2c(n1)c(=O)c(N1CCN[C@H]3CC[C@@H]31)c1n2C(C(=O)Nc2ccc(C(F)(F)F)cc2Cl)CC1C.Cl. The number of fused-ring (bicyclic) bond motifs is 4. The minimum atomic E-state index is -4.55. The lowest BCUT2D eigenvalue weighted by Crippen LogP contribution is -2.64. The summed E-state index contributed by atoms with van der Waals surface area (Å²) in [6.07, 6.45) is -0.574. The molecule has 2 unspecified atom stereocenters. The molecule has 1 aliphatic carbocycles. The largest absolute Gasteiger partial charge is 0.416 e. The van der Waals surface area contributed by atoms with Crippen LogP contribution in [0.3, 0.4) is 0 Å². The van der Waals surface area contributed by atoms with E-state index in [1.54, 1.807) is 17.7 Å². The van der Waals surface area contributed by atoms with Crippen LogP contribution < -0.4 is 21.0 Å². The monoisotopic (exact) mass is 582 g/mol. The van der Waals surface area contributed by atoms with Gasteiger partial charge in [0.25, 0.3) is 0 Å². The van der Waals surface area contributed by atoms with Gasteiger partial charge < -0.3 is 20.1 Å². The molecule has 1 saturated heterocycles. The highest BCUT2D eigenvalue weighted by Crippen LogP contribution is 2.44. The van der Waals surface area contributed by atoms with Crippen molar-refractivity contribution in [1.82, 2.24) is 19.9 Å². The summed E-state index contributed by atoms with van der Waals surface area (Å²) >= 11 is 6.11. The number of carbonyl (C=O) groups is 1. The van der Waals surface area contributed by atoms with Crippen LogP contribution in [0.25, 0.3) is 11.2 Å². The first-order valence-electron chi connectivity index (χ1n) is 12.6. The predicted octanol–water partition coefficient (Wildman–Crippen LogP) is 4.82. The van der Waals surface area contributed by atoms with Gasteiger partial charge in [0, 0.05) is 31.1 Å². The molecule has 0 radical (unpaired) electrons. The topological polar surface area (TPSA) is 92.2 Å². The molecular weight excluding hydrogens is 556 g/mol. The molecule has 1 aromatic carbocycles. The lowest BCUT2D eigenvalue weighted by atomic mass is 9.82. The van der Waals surface area contributed by atoms with Crippen LogP contribution in [-0.4, -0.2) is 45.6 Å². The van der Waals surface area contributed by atoms with Crippen molar-refractivity contribution in [3.8, 4) is 0 Å². The van der Waals surface area contributed by atoms with E-state index in [0.717, 1.165) is 43.3 Å². The first-order valence-corrected chi connectivity index (χ1v) is 13.0. The molecule has 6 rings (SSSR count). The van der Waals surface area contributed by atoms with Crippen molar-refractivity contribution < 1.29 is 18.0 Å². The first-order chi connectivity index (χ1) is 18.0. The number of pyridine rings is 1. The van der Waals surface area contributed by atoms with E-state index in [1.807, 2.05) is 6.92 Å². The third-order valence-electron chi connectivity index (χ3n) is 7.93. The molecule has 1 amide bonds. The number of aromatic nitrogens is 3. The second-order valence-corrected chi connectivity index (χ2v) is 10.8. The van der Waals surface area contributed by atoms with Gasteiger partial charge in [-0.3, -0.25) is 9.59 Å². The first kappa shape index (κ1) is 27.7. The number of carbonyl (C=O) groups excluding carboxylic acids is 1. The number of amides is 1.